The molecule has 0 aliphatic rings. The lowest BCUT2D eigenvalue weighted by molar-refractivity contribution is 0.112. The van der Waals surface area contributed by atoms with Crippen LogP contribution in [0, 0.1) is 0 Å². The minimum Gasteiger partial charge on any atom is -0.423 e. The van der Waals surface area contributed by atoms with Gasteiger partial charge in [-0.25, -0.2) is 0 Å². The minimum atomic E-state index is 0.150. The molecule has 0 radical (unpaired) electrons. The minimum absolute atomic E-state index is 0.150. The molecule has 0 rings (SSSR count). The van der Waals surface area contributed by atoms with Gasteiger partial charge in [0.1, 0.15) is 10.5 Å². The van der Waals surface area contributed by atoms with Crippen LogP contribution in [0.3, 0.4) is 0 Å². The number of hydrogen-bond acceptors (Lipinski definition) is 1. The van der Waals surface area contributed by atoms with Gasteiger partial charge in [0.25, 0.3) is 0 Å². The molecule has 0 saturated heterocycles. The zero-order valence-corrected chi connectivity index (χ0v) is 10.6. The van der Waals surface area contributed by atoms with E-state index in [4.69, 9.17) is 4.43 Å². The van der Waals surface area contributed by atoms with E-state index in [9.17, 15) is 0 Å². The molecular weight excluding hydrogens is 243 g/mol. The van der Waals surface area contributed by atoms with Gasteiger partial charge in [0.05, 0.1) is 0 Å². The van der Waals surface area contributed by atoms with Crippen molar-refractivity contribution in [2.75, 3.05) is 4.43 Å². The molecule has 0 aliphatic heterocycles. The van der Waals surface area contributed by atoms with Crippen molar-refractivity contribution in [3.05, 3.63) is 0 Å². The fourth-order valence-corrected chi connectivity index (χ4v) is 1.18. The Morgan fingerprint density at radius 3 is 2.44 bits per heavy atom. The lowest BCUT2D eigenvalue weighted by atomic mass is 10.0. The maximum atomic E-state index is 5.38. The van der Waals surface area contributed by atoms with Crippen molar-refractivity contribution in [1.29, 1.82) is 0 Å². The van der Waals surface area contributed by atoms with Gasteiger partial charge in [0, 0.05) is 5.60 Å². The summed E-state index contributed by atoms with van der Waals surface area (Å²) in [5, 5.41) is 0. The second kappa shape index (κ2) is 4.68. The first-order valence-electron chi connectivity index (χ1n) is 3.23. The van der Waals surface area contributed by atoms with Gasteiger partial charge in [0.2, 0.25) is 0 Å². The van der Waals surface area contributed by atoms with Gasteiger partial charge in [-0.05, 0) is 31.1 Å². The van der Waals surface area contributed by atoms with Crippen LogP contribution in [0.5, 0.6) is 0 Å². The summed E-state index contributed by atoms with van der Waals surface area (Å²) in [6, 6.07) is 0. The van der Waals surface area contributed by atoms with E-state index >= 15 is 0 Å². The van der Waals surface area contributed by atoms with Crippen molar-refractivity contribution in [1.82, 2.24) is 0 Å². The molecule has 0 N–H and O–H groups in total. The predicted molar refractivity (Wildman–Crippen MR) is 53.2 cm³/mol. The summed E-state index contributed by atoms with van der Waals surface area (Å²) >= 11 is 2.40. The van der Waals surface area contributed by atoms with Crippen LogP contribution >= 0.6 is 22.6 Å². The number of hydrogen-bond donors (Lipinski definition) is 0. The third kappa shape index (κ3) is 5.36. The van der Waals surface area contributed by atoms with Gasteiger partial charge < -0.3 is 4.43 Å². The van der Waals surface area contributed by atoms with Crippen LogP contribution in [0.2, 0.25) is 0 Å². The van der Waals surface area contributed by atoms with Gasteiger partial charge in [-0.2, -0.15) is 0 Å². The Kier molecular flexibility index (Phi) is 5.15. The van der Waals surface area contributed by atoms with E-state index in [1.165, 1.54) is 17.3 Å². The topological polar surface area (TPSA) is 9.23 Å². The molecule has 0 aromatic rings. The first-order valence-corrected chi connectivity index (χ1v) is 5.58. The smallest absolute Gasteiger partial charge is 0.146 e. The third-order valence-corrected chi connectivity index (χ3v) is 3.33. The summed E-state index contributed by atoms with van der Waals surface area (Å²) in [6.07, 6.45) is 2.47. The average Bonchev–Trinajstić information content (AvgIpc) is 1.84. The highest BCUT2D eigenvalue weighted by molar-refractivity contribution is 14.1. The van der Waals surface area contributed by atoms with E-state index in [1.54, 1.807) is 0 Å². The highest BCUT2D eigenvalue weighted by Crippen LogP contribution is 2.15. The molecule has 9 heavy (non-hydrogen) atoms. The fraction of sp³-hybridized carbons (Fsp3) is 1.00. The van der Waals surface area contributed by atoms with Crippen molar-refractivity contribution in [3.8, 4) is 0 Å². The first kappa shape index (κ1) is 9.91. The number of halogens is 1. The molecule has 3 heteroatoms. The van der Waals surface area contributed by atoms with Crippen molar-refractivity contribution in [2.24, 2.45) is 0 Å². The number of alkyl halides is 1. The van der Waals surface area contributed by atoms with Crippen LogP contribution in [-0.4, -0.2) is 20.5 Å². The van der Waals surface area contributed by atoms with Gasteiger partial charge in [-0.15, -0.1) is 0 Å². The Labute approximate surface area is 74.2 Å². The highest BCUT2D eigenvalue weighted by atomic mass is 127. The maximum absolute atomic E-state index is 5.38. The van der Waals surface area contributed by atoms with Gasteiger partial charge in [0.15, 0.2) is 0 Å². The largest absolute Gasteiger partial charge is 0.423 e. The first-order chi connectivity index (χ1) is 4.12. The standard InChI is InChI=1S/C6H15IOSi/c1-6(2,8-9)4-3-5-7/h3-5H2,1-2,9H3. The highest BCUT2D eigenvalue weighted by Gasteiger charge is 2.13. The van der Waals surface area contributed by atoms with E-state index in [0.29, 0.717) is 0 Å². The SMILES string of the molecule is CC(C)(CCCI)O[SiH3]. The summed E-state index contributed by atoms with van der Waals surface area (Å²) in [5.74, 6) is 0. The van der Waals surface area contributed by atoms with E-state index in [-0.39, 0.29) is 5.60 Å². The lowest BCUT2D eigenvalue weighted by Gasteiger charge is -2.22. The summed E-state index contributed by atoms with van der Waals surface area (Å²) in [6.45, 7) is 4.32. The Bertz CT molecular complexity index is 75.5. The Morgan fingerprint density at radius 1 is 1.56 bits per heavy atom. The summed E-state index contributed by atoms with van der Waals surface area (Å²) in [7, 11) is 0.862. The molecule has 0 aromatic carbocycles. The second-order valence-corrected chi connectivity index (χ2v) is 4.24. The van der Waals surface area contributed by atoms with Crippen LogP contribution in [0.15, 0.2) is 0 Å². The molecule has 56 valence electrons. The van der Waals surface area contributed by atoms with E-state index in [2.05, 4.69) is 36.4 Å². The third-order valence-electron chi connectivity index (χ3n) is 1.47. The second-order valence-electron chi connectivity index (χ2n) is 2.76. The average molecular weight is 258 g/mol. The van der Waals surface area contributed by atoms with Crippen molar-refractivity contribution in [2.45, 2.75) is 32.3 Å². The molecule has 0 amide bonds. The Morgan fingerprint density at radius 2 is 2.11 bits per heavy atom. The molecule has 1 nitrogen and oxygen atoms in total. The number of rotatable bonds is 4. The Balaban J connectivity index is 3.33. The zero-order valence-electron chi connectivity index (χ0n) is 6.41. The van der Waals surface area contributed by atoms with Crippen molar-refractivity contribution >= 4 is 33.1 Å². The van der Waals surface area contributed by atoms with Crippen LogP contribution in [0.1, 0.15) is 26.7 Å². The predicted octanol–water partition coefficient (Wildman–Crippen LogP) is 1.28. The lowest BCUT2D eigenvalue weighted by Crippen LogP contribution is -2.22. The van der Waals surface area contributed by atoms with Crippen LogP contribution < -0.4 is 0 Å². The molecule has 0 atom stereocenters. The van der Waals surface area contributed by atoms with E-state index < -0.39 is 0 Å². The van der Waals surface area contributed by atoms with E-state index in [0.717, 1.165) is 10.5 Å². The van der Waals surface area contributed by atoms with Gasteiger partial charge in [-0.3, -0.25) is 0 Å². The van der Waals surface area contributed by atoms with E-state index in [1.807, 2.05) is 0 Å². The monoisotopic (exact) mass is 258 g/mol. The van der Waals surface area contributed by atoms with Crippen molar-refractivity contribution in [3.63, 3.8) is 0 Å². The molecule has 0 unspecified atom stereocenters. The summed E-state index contributed by atoms with van der Waals surface area (Å²) < 4.78 is 6.62. The molecule has 0 saturated carbocycles. The molecule has 0 spiro atoms. The summed E-state index contributed by atoms with van der Waals surface area (Å²) in [4.78, 5) is 0. The van der Waals surface area contributed by atoms with Crippen LogP contribution in [0.4, 0.5) is 0 Å². The van der Waals surface area contributed by atoms with Gasteiger partial charge >= 0.3 is 0 Å². The normalized spacial score (nSPS) is 12.3. The van der Waals surface area contributed by atoms with Crippen LogP contribution in [-0.2, 0) is 4.43 Å². The zero-order chi connectivity index (χ0) is 7.33. The molecular formula is C6H15IOSi. The molecule has 0 bridgehead atoms. The fourth-order valence-electron chi connectivity index (χ4n) is 0.595. The summed E-state index contributed by atoms with van der Waals surface area (Å²) in [5.41, 5.74) is 0.150. The molecule has 0 aromatic heterocycles. The molecule has 0 fully saturated rings. The van der Waals surface area contributed by atoms with Crippen LogP contribution in [0.25, 0.3) is 0 Å². The quantitative estimate of drug-likeness (QED) is 0.419. The van der Waals surface area contributed by atoms with Crippen molar-refractivity contribution < 1.29 is 4.43 Å². The van der Waals surface area contributed by atoms with Gasteiger partial charge in [-0.1, -0.05) is 22.6 Å². The molecule has 0 heterocycles. The maximum Gasteiger partial charge on any atom is 0.146 e. The Hall–Kier alpha value is 0.907. The molecule has 0 aliphatic carbocycles.